The zero-order chi connectivity index (χ0) is 15.3. The van der Waals surface area contributed by atoms with Crippen LogP contribution in [0.4, 0.5) is 0 Å². The van der Waals surface area contributed by atoms with Crippen LogP contribution in [0.25, 0.3) is 0 Å². The summed E-state index contributed by atoms with van der Waals surface area (Å²) in [5, 5.41) is 8.38. The van der Waals surface area contributed by atoms with Crippen LogP contribution >= 0.6 is 15.9 Å². The highest BCUT2D eigenvalue weighted by molar-refractivity contribution is 9.10. The molecule has 0 aliphatic rings. The van der Waals surface area contributed by atoms with E-state index in [9.17, 15) is 0 Å². The molecule has 1 aromatic heterocycles. The first-order valence-electron chi connectivity index (χ1n) is 7.88. The van der Waals surface area contributed by atoms with E-state index in [4.69, 9.17) is 5.10 Å². The van der Waals surface area contributed by atoms with Gasteiger partial charge in [0, 0.05) is 19.0 Å². The van der Waals surface area contributed by atoms with E-state index in [0.29, 0.717) is 6.04 Å². The molecule has 1 rings (SSSR count). The SMILES string of the molecule is CCNC(Cc1c(Br)c(CC)nn1CC)C(C)(C)CC. The first kappa shape index (κ1) is 17.7. The predicted octanol–water partition coefficient (Wildman–Crippen LogP) is 4.18. The van der Waals surface area contributed by atoms with Gasteiger partial charge >= 0.3 is 0 Å². The van der Waals surface area contributed by atoms with Crippen LogP contribution in [-0.2, 0) is 19.4 Å². The molecule has 1 aromatic rings. The van der Waals surface area contributed by atoms with Crippen molar-refractivity contribution in [1.82, 2.24) is 15.1 Å². The Morgan fingerprint density at radius 3 is 2.35 bits per heavy atom. The Hall–Kier alpha value is -0.350. The second kappa shape index (κ2) is 7.60. The number of aromatic nitrogens is 2. The monoisotopic (exact) mass is 343 g/mol. The molecular formula is C16H30BrN3. The number of nitrogens with one attached hydrogen (secondary N) is 1. The number of halogens is 1. The smallest absolute Gasteiger partial charge is 0.0766 e. The molecule has 0 spiro atoms. The van der Waals surface area contributed by atoms with Gasteiger partial charge in [-0.1, -0.05) is 34.6 Å². The largest absolute Gasteiger partial charge is 0.313 e. The molecule has 0 saturated heterocycles. The van der Waals surface area contributed by atoms with E-state index in [0.717, 1.165) is 25.9 Å². The van der Waals surface area contributed by atoms with Gasteiger partial charge in [-0.25, -0.2) is 0 Å². The number of hydrogen-bond donors (Lipinski definition) is 1. The van der Waals surface area contributed by atoms with Gasteiger partial charge in [0.15, 0.2) is 0 Å². The highest BCUT2D eigenvalue weighted by Gasteiger charge is 2.29. The van der Waals surface area contributed by atoms with Crippen molar-refractivity contribution in [1.29, 1.82) is 0 Å². The van der Waals surface area contributed by atoms with Gasteiger partial charge in [0.25, 0.3) is 0 Å². The fourth-order valence-electron chi connectivity index (χ4n) is 2.52. The molecular weight excluding hydrogens is 314 g/mol. The highest BCUT2D eigenvalue weighted by Crippen LogP contribution is 2.30. The summed E-state index contributed by atoms with van der Waals surface area (Å²) in [6.07, 6.45) is 3.17. The van der Waals surface area contributed by atoms with E-state index in [1.807, 2.05) is 0 Å². The van der Waals surface area contributed by atoms with E-state index < -0.39 is 0 Å². The highest BCUT2D eigenvalue weighted by atomic mass is 79.9. The van der Waals surface area contributed by atoms with E-state index >= 15 is 0 Å². The summed E-state index contributed by atoms with van der Waals surface area (Å²) in [6.45, 7) is 15.4. The average molecular weight is 344 g/mol. The summed E-state index contributed by atoms with van der Waals surface area (Å²) in [5.74, 6) is 0. The Balaban J connectivity index is 3.07. The fourth-order valence-corrected chi connectivity index (χ4v) is 3.25. The van der Waals surface area contributed by atoms with Crippen LogP contribution in [0, 0.1) is 5.41 Å². The molecule has 20 heavy (non-hydrogen) atoms. The molecule has 1 N–H and O–H groups in total. The van der Waals surface area contributed by atoms with Crippen molar-refractivity contribution in [3.8, 4) is 0 Å². The quantitative estimate of drug-likeness (QED) is 0.767. The number of rotatable bonds is 8. The van der Waals surface area contributed by atoms with Crippen LogP contribution in [0.15, 0.2) is 4.47 Å². The molecule has 1 heterocycles. The lowest BCUT2D eigenvalue weighted by atomic mass is 9.79. The minimum atomic E-state index is 0.282. The summed E-state index contributed by atoms with van der Waals surface area (Å²) in [4.78, 5) is 0. The zero-order valence-electron chi connectivity index (χ0n) is 13.9. The number of likely N-dealkylation sites (N-methyl/N-ethyl adjacent to an activating group) is 1. The van der Waals surface area contributed by atoms with Crippen molar-refractivity contribution >= 4 is 15.9 Å². The van der Waals surface area contributed by atoms with E-state index in [-0.39, 0.29) is 5.41 Å². The van der Waals surface area contributed by atoms with Crippen LogP contribution < -0.4 is 5.32 Å². The van der Waals surface area contributed by atoms with Crippen LogP contribution in [0.1, 0.15) is 59.4 Å². The van der Waals surface area contributed by atoms with Gasteiger partial charge in [0.1, 0.15) is 0 Å². The number of nitrogens with zero attached hydrogens (tertiary/aromatic N) is 2. The first-order valence-corrected chi connectivity index (χ1v) is 8.67. The maximum absolute atomic E-state index is 4.71. The van der Waals surface area contributed by atoms with Crippen LogP contribution in [0.3, 0.4) is 0 Å². The van der Waals surface area contributed by atoms with Gasteiger partial charge in [0.05, 0.1) is 15.9 Å². The minimum absolute atomic E-state index is 0.282. The van der Waals surface area contributed by atoms with Gasteiger partial charge in [-0.2, -0.15) is 5.10 Å². The predicted molar refractivity (Wildman–Crippen MR) is 90.2 cm³/mol. The standard InChI is InChI=1S/C16H30BrN3/c1-7-12-15(17)13(20(10-4)19-12)11-14(18-9-3)16(5,6)8-2/h14,18H,7-11H2,1-6H3. The maximum atomic E-state index is 4.71. The molecule has 0 bridgehead atoms. The Labute approximate surface area is 132 Å². The van der Waals surface area contributed by atoms with E-state index in [2.05, 4.69) is 67.5 Å². The maximum Gasteiger partial charge on any atom is 0.0766 e. The van der Waals surface area contributed by atoms with Gasteiger partial charge in [-0.05, 0) is 47.7 Å². The number of aryl methyl sites for hydroxylation is 2. The number of hydrogen-bond acceptors (Lipinski definition) is 2. The van der Waals surface area contributed by atoms with Gasteiger partial charge in [-0.15, -0.1) is 0 Å². The summed E-state index contributed by atoms with van der Waals surface area (Å²) < 4.78 is 3.36. The molecule has 0 saturated carbocycles. The van der Waals surface area contributed by atoms with Crippen LogP contribution in [0.5, 0.6) is 0 Å². The third-order valence-electron chi connectivity index (χ3n) is 4.40. The lowest BCUT2D eigenvalue weighted by molar-refractivity contribution is 0.229. The van der Waals surface area contributed by atoms with Gasteiger partial charge < -0.3 is 5.32 Å². The van der Waals surface area contributed by atoms with Crippen molar-refractivity contribution in [3.05, 3.63) is 15.9 Å². The van der Waals surface area contributed by atoms with Crippen molar-refractivity contribution in [3.63, 3.8) is 0 Å². The first-order chi connectivity index (χ1) is 9.41. The second-order valence-electron chi connectivity index (χ2n) is 6.03. The topological polar surface area (TPSA) is 29.9 Å². The van der Waals surface area contributed by atoms with E-state index in [1.165, 1.54) is 22.3 Å². The Kier molecular flexibility index (Phi) is 6.73. The van der Waals surface area contributed by atoms with Crippen molar-refractivity contribution < 1.29 is 0 Å². The summed E-state index contributed by atoms with van der Waals surface area (Å²) in [6, 6.07) is 0.473. The van der Waals surface area contributed by atoms with E-state index in [1.54, 1.807) is 0 Å². The molecule has 0 radical (unpaired) electrons. The van der Waals surface area contributed by atoms with Crippen molar-refractivity contribution in [2.24, 2.45) is 5.41 Å². The Morgan fingerprint density at radius 2 is 1.90 bits per heavy atom. The third-order valence-corrected chi connectivity index (χ3v) is 5.31. The molecule has 1 atom stereocenters. The fraction of sp³-hybridized carbons (Fsp3) is 0.812. The molecule has 0 aromatic carbocycles. The normalized spacial score (nSPS) is 13.8. The average Bonchev–Trinajstić information content (AvgIpc) is 2.74. The molecule has 0 aliphatic carbocycles. The molecule has 1 unspecified atom stereocenters. The van der Waals surface area contributed by atoms with Gasteiger partial charge in [-0.3, -0.25) is 4.68 Å². The second-order valence-corrected chi connectivity index (χ2v) is 6.83. The summed E-state index contributed by atoms with van der Waals surface area (Å²) in [5.41, 5.74) is 2.79. The Bertz CT molecular complexity index is 424. The lowest BCUT2D eigenvalue weighted by Gasteiger charge is -2.34. The minimum Gasteiger partial charge on any atom is -0.313 e. The molecule has 3 nitrogen and oxygen atoms in total. The summed E-state index contributed by atoms with van der Waals surface area (Å²) >= 11 is 3.76. The van der Waals surface area contributed by atoms with Gasteiger partial charge in [0.2, 0.25) is 0 Å². The van der Waals surface area contributed by atoms with Crippen LogP contribution in [-0.4, -0.2) is 22.4 Å². The summed E-state index contributed by atoms with van der Waals surface area (Å²) in [7, 11) is 0. The van der Waals surface area contributed by atoms with Crippen molar-refractivity contribution in [2.45, 2.75) is 73.4 Å². The molecule has 0 aliphatic heterocycles. The van der Waals surface area contributed by atoms with Crippen molar-refractivity contribution in [2.75, 3.05) is 6.54 Å². The zero-order valence-corrected chi connectivity index (χ0v) is 15.5. The third kappa shape index (κ3) is 3.85. The molecule has 0 amide bonds. The molecule has 0 fully saturated rings. The Morgan fingerprint density at radius 1 is 1.25 bits per heavy atom. The van der Waals surface area contributed by atoms with Crippen LogP contribution in [0.2, 0.25) is 0 Å². The molecule has 116 valence electrons. The molecule has 4 heteroatoms. The lowest BCUT2D eigenvalue weighted by Crippen LogP contribution is -2.43.